The highest BCUT2D eigenvalue weighted by Gasteiger charge is 2.13. The molecule has 0 aliphatic heterocycles. The van der Waals surface area contributed by atoms with E-state index in [1.54, 1.807) is 0 Å². The Labute approximate surface area is 174 Å². The van der Waals surface area contributed by atoms with E-state index in [4.69, 9.17) is 0 Å². The molecule has 1 amide bonds. The lowest BCUT2D eigenvalue weighted by Crippen LogP contribution is -2.30. The van der Waals surface area contributed by atoms with E-state index in [1.165, 1.54) is 4.57 Å². The van der Waals surface area contributed by atoms with Crippen molar-refractivity contribution in [2.45, 2.75) is 20.0 Å². The fraction of sp³-hybridized carbons (Fsp3) is 0.125. The second-order valence-corrected chi connectivity index (χ2v) is 7.10. The maximum atomic E-state index is 12.7. The van der Waals surface area contributed by atoms with Crippen LogP contribution in [0.15, 0.2) is 83.7 Å². The topological polar surface area (TPSA) is 76.0 Å². The molecule has 0 aliphatic carbocycles. The van der Waals surface area contributed by atoms with Crippen molar-refractivity contribution in [2.75, 3.05) is 10.6 Å². The van der Waals surface area contributed by atoms with E-state index in [0.717, 1.165) is 16.5 Å². The van der Waals surface area contributed by atoms with Gasteiger partial charge in [0.15, 0.2) is 0 Å². The summed E-state index contributed by atoms with van der Waals surface area (Å²) in [5.74, 6) is 0.231. The molecule has 3 aromatic carbocycles. The Morgan fingerprint density at radius 2 is 1.73 bits per heavy atom. The van der Waals surface area contributed by atoms with Gasteiger partial charge in [0, 0.05) is 17.6 Å². The minimum Gasteiger partial charge on any atom is -0.365 e. The molecule has 150 valence electrons. The second-order valence-electron chi connectivity index (χ2n) is 7.10. The first kappa shape index (κ1) is 19.4. The van der Waals surface area contributed by atoms with Crippen LogP contribution in [0.25, 0.3) is 10.9 Å². The lowest BCUT2D eigenvalue weighted by atomic mass is 10.2. The molecule has 4 rings (SSSR count). The first-order valence-electron chi connectivity index (χ1n) is 9.74. The number of nitrogens with one attached hydrogen (secondary N) is 2. The van der Waals surface area contributed by atoms with Gasteiger partial charge in [-0.25, -0.2) is 4.79 Å². The molecule has 0 aliphatic rings. The fourth-order valence-corrected chi connectivity index (χ4v) is 3.36. The number of amides is 1. The van der Waals surface area contributed by atoms with Crippen LogP contribution in [0, 0.1) is 6.92 Å². The van der Waals surface area contributed by atoms with E-state index in [-0.39, 0.29) is 12.5 Å². The Hall–Kier alpha value is -3.93. The van der Waals surface area contributed by atoms with Crippen molar-refractivity contribution in [3.05, 3.63) is 100 Å². The third-order valence-electron chi connectivity index (χ3n) is 4.79. The molecule has 0 fully saturated rings. The van der Waals surface area contributed by atoms with Crippen LogP contribution in [0.4, 0.5) is 11.5 Å². The number of fused-ring (bicyclic) bond motifs is 1. The molecule has 0 radical (unpaired) electrons. The minimum atomic E-state index is -0.469. The van der Waals surface area contributed by atoms with Crippen molar-refractivity contribution >= 4 is 28.3 Å². The van der Waals surface area contributed by atoms with Crippen LogP contribution in [0.2, 0.25) is 0 Å². The molecular weight excluding hydrogens is 376 g/mol. The van der Waals surface area contributed by atoms with Crippen LogP contribution in [0.3, 0.4) is 0 Å². The van der Waals surface area contributed by atoms with E-state index in [9.17, 15) is 9.59 Å². The zero-order chi connectivity index (χ0) is 20.9. The lowest BCUT2D eigenvalue weighted by Gasteiger charge is -2.14. The molecule has 0 spiro atoms. The molecule has 0 saturated heterocycles. The molecule has 4 aromatic rings. The molecule has 6 heteroatoms. The number of para-hydroxylation sites is 1. The van der Waals surface area contributed by atoms with Gasteiger partial charge in [-0.05, 0) is 42.3 Å². The monoisotopic (exact) mass is 398 g/mol. The Morgan fingerprint density at radius 3 is 2.53 bits per heavy atom. The van der Waals surface area contributed by atoms with Crippen molar-refractivity contribution < 1.29 is 4.79 Å². The van der Waals surface area contributed by atoms with Gasteiger partial charge in [0.1, 0.15) is 12.4 Å². The first-order valence-corrected chi connectivity index (χ1v) is 9.74. The molecule has 0 atom stereocenters. The zero-order valence-corrected chi connectivity index (χ0v) is 16.6. The average Bonchev–Trinajstić information content (AvgIpc) is 2.75. The Kier molecular flexibility index (Phi) is 5.57. The van der Waals surface area contributed by atoms with Gasteiger partial charge < -0.3 is 10.6 Å². The van der Waals surface area contributed by atoms with Gasteiger partial charge in [0.05, 0.1) is 5.52 Å². The van der Waals surface area contributed by atoms with Crippen LogP contribution >= 0.6 is 0 Å². The van der Waals surface area contributed by atoms with Gasteiger partial charge in [-0.2, -0.15) is 4.98 Å². The van der Waals surface area contributed by atoms with E-state index in [1.807, 2.05) is 85.8 Å². The van der Waals surface area contributed by atoms with E-state index in [2.05, 4.69) is 15.6 Å². The maximum absolute atomic E-state index is 12.7. The summed E-state index contributed by atoms with van der Waals surface area (Å²) in [5.41, 5.74) is 3.03. The number of rotatable bonds is 6. The maximum Gasteiger partial charge on any atom is 0.350 e. The molecule has 1 aromatic heterocycles. The fourth-order valence-electron chi connectivity index (χ4n) is 3.36. The predicted molar refractivity (Wildman–Crippen MR) is 120 cm³/mol. The van der Waals surface area contributed by atoms with Crippen molar-refractivity contribution in [1.82, 2.24) is 9.55 Å². The van der Waals surface area contributed by atoms with Crippen LogP contribution in [-0.4, -0.2) is 15.5 Å². The van der Waals surface area contributed by atoms with Gasteiger partial charge >= 0.3 is 5.69 Å². The number of benzene rings is 3. The van der Waals surface area contributed by atoms with Gasteiger partial charge in [-0.1, -0.05) is 54.6 Å². The molecular formula is C24H22N4O2. The Morgan fingerprint density at radius 1 is 0.967 bits per heavy atom. The van der Waals surface area contributed by atoms with Crippen molar-refractivity contribution in [1.29, 1.82) is 0 Å². The lowest BCUT2D eigenvalue weighted by molar-refractivity contribution is -0.116. The van der Waals surface area contributed by atoms with Gasteiger partial charge in [0.2, 0.25) is 5.91 Å². The van der Waals surface area contributed by atoms with Crippen molar-refractivity contribution in [3.8, 4) is 0 Å². The SMILES string of the molecule is Cc1cccc(NC(=O)Cn2c(=O)nc(NCc3ccccc3)c3ccccc32)c1. The van der Waals surface area contributed by atoms with Crippen LogP contribution in [-0.2, 0) is 17.9 Å². The minimum absolute atomic E-state index is 0.112. The number of carbonyl (C=O) groups is 1. The van der Waals surface area contributed by atoms with Crippen LogP contribution < -0.4 is 16.3 Å². The molecule has 0 bridgehead atoms. The van der Waals surface area contributed by atoms with Crippen LogP contribution in [0.5, 0.6) is 0 Å². The number of hydrogen-bond acceptors (Lipinski definition) is 4. The zero-order valence-electron chi connectivity index (χ0n) is 16.6. The number of aryl methyl sites for hydroxylation is 1. The van der Waals surface area contributed by atoms with Gasteiger partial charge in [-0.15, -0.1) is 0 Å². The summed E-state index contributed by atoms with van der Waals surface area (Å²) in [5, 5.41) is 6.88. The summed E-state index contributed by atoms with van der Waals surface area (Å²) >= 11 is 0. The van der Waals surface area contributed by atoms with Crippen LogP contribution in [0.1, 0.15) is 11.1 Å². The molecule has 0 unspecified atom stereocenters. The summed E-state index contributed by atoms with van der Waals surface area (Å²) in [6, 6.07) is 24.9. The summed E-state index contributed by atoms with van der Waals surface area (Å²) in [4.78, 5) is 29.5. The molecule has 6 nitrogen and oxygen atoms in total. The molecule has 0 saturated carbocycles. The summed E-state index contributed by atoms with van der Waals surface area (Å²) in [7, 11) is 0. The summed E-state index contributed by atoms with van der Waals surface area (Å²) in [6.07, 6.45) is 0. The van der Waals surface area contributed by atoms with Gasteiger partial charge in [0.25, 0.3) is 0 Å². The van der Waals surface area contributed by atoms with Crippen molar-refractivity contribution in [3.63, 3.8) is 0 Å². The molecule has 2 N–H and O–H groups in total. The second kappa shape index (κ2) is 8.61. The molecule has 1 heterocycles. The summed E-state index contributed by atoms with van der Waals surface area (Å²) < 4.78 is 1.40. The highest BCUT2D eigenvalue weighted by atomic mass is 16.2. The quantitative estimate of drug-likeness (QED) is 0.516. The van der Waals surface area contributed by atoms with E-state index in [0.29, 0.717) is 23.6 Å². The van der Waals surface area contributed by atoms with E-state index >= 15 is 0 Å². The number of nitrogens with zero attached hydrogens (tertiary/aromatic N) is 2. The summed E-state index contributed by atoms with van der Waals surface area (Å²) in [6.45, 7) is 2.40. The Balaban J connectivity index is 1.60. The van der Waals surface area contributed by atoms with Gasteiger partial charge in [-0.3, -0.25) is 9.36 Å². The number of anilines is 2. The third-order valence-corrected chi connectivity index (χ3v) is 4.79. The van der Waals surface area contributed by atoms with Crippen molar-refractivity contribution in [2.24, 2.45) is 0 Å². The smallest absolute Gasteiger partial charge is 0.350 e. The Bertz CT molecular complexity index is 1250. The number of carbonyl (C=O) groups excluding carboxylic acids is 1. The number of hydrogen-bond donors (Lipinski definition) is 2. The highest BCUT2D eigenvalue weighted by Crippen LogP contribution is 2.20. The standard InChI is InChI=1S/C24H22N4O2/c1-17-8-7-11-19(14-17)26-22(29)16-28-21-13-6-5-12-20(21)23(27-24(28)30)25-15-18-9-3-2-4-10-18/h2-14H,15-16H2,1H3,(H,26,29)(H,25,27,30). The highest BCUT2D eigenvalue weighted by molar-refractivity contribution is 5.93. The first-order chi connectivity index (χ1) is 14.6. The average molecular weight is 398 g/mol. The number of aromatic nitrogens is 2. The van der Waals surface area contributed by atoms with E-state index < -0.39 is 5.69 Å². The largest absolute Gasteiger partial charge is 0.365 e. The molecule has 30 heavy (non-hydrogen) atoms. The predicted octanol–water partition coefficient (Wildman–Crippen LogP) is 3.96. The normalized spacial score (nSPS) is 10.7. The third kappa shape index (κ3) is 4.38.